The molecule has 9 aromatic carbocycles. The van der Waals surface area contributed by atoms with E-state index in [0.717, 1.165) is 33.2 Å². The predicted octanol–water partition coefficient (Wildman–Crippen LogP) is 16.2. The largest absolute Gasteiger partial charge is 0.277 e. The van der Waals surface area contributed by atoms with Gasteiger partial charge in [-0.2, -0.15) is 0 Å². The summed E-state index contributed by atoms with van der Waals surface area (Å²) >= 11 is 0. The first-order chi connectivity index (χ1) is 32.0. The van der Waals surface area contributed by atoms with Crippen LogP contribution in [0.3, 0.4) is 0 Å². The van der Waals surface area contributed by atoms with Crippen molar-refractivity contribution in [1.29, 1.82) is 0 Å². The molecule has 0 atom stereocenters. The lowest BCUT2D eigenvalue weighted by Gasteiger charge is -2.33. The van der Waals surface area contributed by atoms with E-state index in [0.29, 0.717) is 5.95 Å². The lowest BCUT2D eigenvalue weighted by molar-refractivity contribution is 0.586. The first-order valence-corrected chi connectivity index (χ1v) is 23.3. The van der Waals surface area contributed by atoms with Gasteiger partial charge in [0.05, 0.1) is 27.7 Å². The number of benzene rings is 9. The van der Waals surface area contributed by atoms with Crippen LogP contribution >= 0.6 is 0 Å². The molecular formula is C63H49N3. The Balaban J connectivity index is 1.22. The zero-order valence-electron chi connectivity index (χ0n) is 38.2. The standard InChI is InChI=1S/C63H49N3/c1-61(2,3)41-32-34-43-44-35-33-42(62(4,5)6)37-52(44)63(51(43)36-41)50-25-15-12-22-47(50)55-45-20-10-11-21-46(45)56-49-24-14-17-27-54(49)66(59(56)57(55)63)60-64-53-26-16-13-23-48(53)58(65-60)40-30-28-39(29-31-40)38-18-8-7-9-19-38/h7-37H,1-6H3. The molecule has 2 aliphatic rings. The van der Waals surface area contributed by atoms with Gasteiger partial charge >= 0.3 is 0 Å². The topological polar surface area (TPSA) is 30.7 Å². The monoisotopic (exact) mass is 847 g/mol. The highest BCUT2D eigenvalue weighted by Crippen LogP contribution is 2.66. The van der Waals surface area contributed by atoms with Crippen molar-refractivity contribution < 1.29 is 0 Å². The summed E-state index contributed by atoms with van der Waals surface area (Å²) in [5.74, 6) is 0.663. The van der Waals surface area contributed by atoms with Crippen LogP contribution in [0.2, 0.25) is 0 Å². The minimum atomic E-state index is -0.652. The summed E-state index contributed by atoms with van der Waals surface area (Å²) in [7, 11) is 0. The lowest BCUT2D eigenvalue weighted by atomic mass is 9.68. The second-order valence-electron chi connectivity index (χ2n) is 20.5. The zero-order valence-corrected chi connectivity index (χ0v) is 38.2. The summed E-state index contributed by atoms with van der Waals surface area (Å²) < 4.78 is 2.43. The van der Waals surface area contributed by atoms with Crippen molar-refractivity contribution in [3.05, 3.63) is 221 Å². The van der Waals surface area contributed by atoms with E-state index < -0.39 is 5.41 Å². The molecule has 2 aliphatic carbocycles. The van der Waals surface area contributed by atoms with Gasteiger partial charge in [-0.3, -0.25) is 4.57 Å². The van der Waals surface area contributed by atoms with E-state index >= 15 is 0 Å². The maximum absolute atomic E-state index is 5.72. The Bertz CT molecular complexity index is 3760. The average Bonchev–Trinajstić information content (AvgIpc) is 3.95. The van der Waals surface area contributed by atoms with Crippen LogP contribution in [0, 0.1) is 0 Å². The fourth-order valence-electron chi connectivity index (χ4n) is 11.6. The van der Waals surface area contributed by atoms with Crippen molar-refractivity contribution in [1.82, 2.24) is 14.5 Å². The Kier molecular flexibility index (Phi) is 8.06. The van der Waals surface area contributed by atoms with Crippen molar-refractivity contribution in [2.24, 2.45) is 0 Å². The summed E-state index contributed by atoms with van der Waals surface area (Å²) in [6.45, 7) is 14.0. The molecule has 0 N–H and O–H groups in total. The van der Waals surface area contributed by atoms with E-state index in [1.54, 1.807) is 0 Å². The third-order valence-electron chi connectivity index (χ3n) is 14.7. The average molecular weight is 848 g/mol. The van der Waals surface area contributed by atoms with E-state index in [-0.39, 0.29) is 10.8 Å². The number of aromatic nitrogens is 3. The van der Waals surface area contributed by atoms with Crippen LogP contribution in [-0.4, -0.2) is 14.5 Å². The van der Waals surface area contributed by atoms with Gasteiger partial charge in [-0.1, -0.05) is 217 Å². The maximum Gasteiger partial charge on any atom is 0.235 e. The van der Waals surface area contributed by atoms with Gasteiger partial charge in [0.25, 0.3) is 0 Å². The molecule has 0 bridgehead atoms. The molecular weight excluding hydrogens is 799 g/mol. The molecule has 0 radical (unpaired) electrons. The number of para-hydroxylation sites is 2. The molecule has 13 rings (SSSR count). The van der Waals surface area contributed by atoms with Crippen molar-refractivity contribution in [2.45, 2.75) is 57.8 Å². The fourth-order valence-corrected chi connectivity index (χ4v) is 11.6. The van der Waals surface area contributed by atoms with E-state index in [2.05, 4.69) is 234 Å². The molecule has 0 amide bonds. The molecule has 3 nitrogen and oxygen atoms in total. The van der Waals surface area contributed by atoms with Crippen LogP contribution in [0.5, 0.6) is 0 Å². The third kappa shape index (κ3) is 5.31. The van der Waals surface area contributed by atoms with Gasteiger partial charge in [-0.05, 0) is 94.9 Å². The Morgan fingerprint density at radius 1 is 0.424 bits per heavy atom. The first kappa shape index (κ1) is 38.8. The van der Waals surface area contributed by atoms with Gasteiger partial charge in [-0.15, -0.1) is 0 Å². The Morgan fingerprint density at radius 3 is 1.65 bits per heavy atom. The van der Waals surface area contributed by atoms with Gasteiger partial charge in [0.2, 0.25) is 5.95 Å². The third-order valence-corrected chi connectivity index (χ3v) is 14.7. The number of rotatable bonds is 3. The molecule has 66 heavy (non-hydrogen) atoms. The summed E-state index contributed by atoms with van der Waals surface area (Å²) in [5.41, 5.74) is 19.8. The van der Waals surface area contributed by atoms with Crippen LogP contribution in [-0.2, 0) is 16.2 Å². The molecule has 2 aromatic heterocycles. The van der Waals surface area contributed by atoms with Gasteiger partial charge in [0.1, 0.15) is 0 Å². The van der Waals surface area contributed by atoms with Crippen LogP contribution < -0.4 is 0 Å². The molecule has 316 valence electrons. The molecule has 2 heterocycles. The van der Waals surface area contributed by atoms with Gasteiger partial charge in [0, 0.05) is 27.3 Å². The lowest BCUT2D eigenvalue weighted by Crippen LogP contribution is -2.28. The Labute approximate surface area is 386 Å². The van der Waals surface area contributed by atoms with E-state index in [4.69, 9.17) is 9.97 Å². The number of nitrogens with zero attached hydrogens (tertiary/aromatic N) is 3. The quantitative estimate of drug-likeness (QED) is 0.177. The molecule has 0 saturated heterocycles. The first-order valence-electron chi connectivity index (χ1n) is 23.3. The molecule has 11 aromatic rings. The van der Waals surface area contributed by atoms with Crippen LogP contribution in [0.1, 0.15) is 74.9 Å². The van der Waals surface area contributed by atoms with E-state index in [1.165, 1.54) is 88.3 Å². The van der Waals surface area contributed by atoms with Crippen molar-refractivity contribution in [3.8, 4) is 50.6 Å². The minimum Gasteiger partial charge on any atom is -0.277 e. The Morgan fingerprint density at radius 2 is 0.970 bits per heavy atom. The van der Waals surface area contributed by atoms with Gasteiger partial charge < -0.3 is 0 Å². The Hall–Kier alpha value is -7.62. The highest BCUT2D eigenvalue weighted by Gasteiger charge is 2.54. The summed E-state index contributed by atoms with van der Waals surface area (Å²) in [4.78, 5) is 11.3. The molecule has 3 heteroatoms. The van der Waals surface area contributed by atoms with E-state index in [9.17, 15) is 0 Å². The smallest absolute Gasteiger partial charge is 0.235 e. The second-order valence-corrected chi connectivity index (χ2v) is 20.5. The van der Waals surface area contributed by atoms with Crippen molar-refractivity contribution in [3.63, 3.8) is 0 Å². The molecule has 1 spiro atoms. The minimum absolute atomic E-state index is 0.0647. The van der Waals surface area contributed by atoms with Crippen LogP contribution in [0.4, 0.5) is 0 Å². The molecule has 0 unspecified atom stereocenters. The van der Waals surface area contributed by atoms with Gasteiger partial charge in [-0.25, -0.2) is 9.97 Å². The van der Waals surface area contributed by atoms with Crippen LogP contribution in [0.25, 0.3) is 94.1 Å². The molecule has 0 fully saturated rings. The zero-order chi connectivity index (χ0) is 44.7. The van der Waals surface area contributed by atoms with Crippen molar-refractivity contribution in [2.75, 3.05) is 0 Å². The van der Waals surface area contributed by atoms with Gasteiger partial charge in [0.15, 0.2) is 0 Å². The maximum atomic E-state index is 5.72. The molecule has 0 aliphatic heterocycles. The number of hydrogen-bond donors (Lipinski definition) is 0. The fraction of sp³-hybridized carbons (Fsp3) is 0.143. The SMILES string of the molecule is CC(C)(C)c1ccc2c(c1)C1(c3cc(C(C)(C)C)ccc3-2)c2ccccc2-c2c1c1c(c3ccccc23)c2ccccc2n1-c1nc(-c2ccc(-c3ccccc3)cc2)c2ccccc2n1. The summed E-state index contributed by atoms with van der Waals surface area (Å²) in [5, 5.41) is 5.94. The highest BCUT2D eigenvalue weighted by molar-refractivity contribution is 6.27. The normalized spacial score (nSPS) is 13.7. The predicted molar refractivity (Wildman–Crippen MR) is 276 cm³/mol. The number of fused-ring (bicyclic) bond motifs is 18. The summed E-state index contributed by atoms with van der Waals surface area (Å²) in [6, 6.07) is 69.9. The molecule has 0 saturated carbocycles. The van der Waals surface area contributed by atoms with Crippen LogP contribution in [0.15, 0.2) is 188 Å². The highest BCUT2D eigenvalue weighted by atomic mass is 15.2. The van der Waals surface area contributed by atoms with Crippen molar-refractivity contribution >= 4 is 43.5 Å². The van der Waals surface area contributed by atoms with E-state index in [1.807, 2.05) is 0 Å². The number of hydrogen-bond acceptors (Lipinski definition) is 2. The second kappa shape index (κ2) is 13.7. The summed E-state index contributed by atoms with van der Waals surface area (Å²) in [6.07, 6.45) is 0.